The largest absolute Gasteiger partial charge is 0.477 e. The Morgan fingerprint density at radius 2 is 2.10 bits per heavy atom. The molecule has 0 amide bonds. The van der Waals surface area contributed by atoms with Crippen LogP contribution < -0.4 is 4.74 Å². The van der Waals surface area contributed by atoms with Crippen molar-refractivity contribution in [3.63, 3.8) is 0 Å². The molecule has 0 saturated heterocycles. The fraction of sp³-hybridized carbons (Fsp3) is 0.250. The Morgan fingerprint density at radius 1 is 1.35 bits per heavy atom. The van der Waals surface area contributed by atoms with E-state index in [1.165, 1.54) is 12.3 Å². The predicted octanol–water partition coefficient (Wildman–Crippen LogP) is 4.09. The molecule has 1 unspecified atom stereocenters. The lowest BCUT2D eigenvalue weighted by atomic mass is 9.98. The minimum absolute atomic E-state index is 0.0245. The average molecular weight is 271 g/mol. The Hall–Kier alpha value is -2.36. The van der Waals surface area contributed by atoms with Gasteiger partial charge < -0.3 is 9.84 Å². The van der Waals surface area contributed by atoms with E-state index in [1.807, 2.05) is 24.3 Å². The van der Waals surface area contributed by atoms with Crippen LogP contribution in [0.4, 0.5) is 0 Å². The minimum atomic E-state index is -1.06. The van der Waals surface area contributed by atoms with Gasteiger partial charge in [0.2, 0.25) is 0 Å². The van der Waals surface area contributed by atoms with E-state index in [9.17, 15) is 4.79 Å². The third-order valence-corrected chi connectivity index (χ3v) is 3.24. The highest BCUT2D eigenvalue weighted by molar-refractivity contribution is 5.85. The third kappa shape index (κ3) is 3.15. The standard InChI is InChI=1S/C16H17NO3/c1-3-11(2)13-6-4-5-7-15(13)20-12-8-9-17-14(10-12)16(18)19/h4-11H,3H2,1-2H3,(H,18,19). The highest BCUT2D eigenvalue weighted by atomic mass is 16.5. The number of pyridine rings is 1. The molecule has 0 spiro atoms. The van der Waals surface area contributed by atoms with Gasteiger partial charge in [0.25, 0.3) is 0 Å². The first kappa shape index (κ1) is 14.1. The lowest BCUT2D eigenvalue weighted by Gasteiger charge is -2.15. The number of aromatic nitrogens is 1. The molecule has 1 N–H and O–H groups in total. The Morgan fingerprint density at radius 3 is 2.80 bits per heavy atom. The molecule has 0 aliphatic rings. The number of nitrogens with zero attached hydrogens (tertiary/aromatic N) is 1. The van der Waals surface area contributed by atoms with Gasteiger partial charge in [-0.15, -0.1) is 0 Å². The monoisotopic (exact) mass is 271 g/mol. The van der Waals surface area contributed by atoms with Crippen LogP contribution in [0.2, 0.25) is 0 Å². The number of benzene rings is 1. The van der Waals surface area contributed by atoms with E-state index >= 15 is 0 Å². The number of hydrogen-bond acceptors (Lipinski definition) is 3. The smallest absolute Gasteiger partial charge is 0.354 e. The average Bonchev–Trinajstić information content (AvgIpc) is 2.47. The lowest BCUT2D eigenvalue weighted by molar-refractivity contribution is 0.0690. The first-order chi connectivity index (χ1) is 9.61. The van der Waals surface area contributed by atoms with Crippen LogP contribution in [0.5, 0.6) is 11.5 Å². The van der Waals surface area contributed by atoms with Gasteiger partial charge in [-0.2, -0.15) is 0 Å². The van der Waals surface area contributed by atoms with E-state index in [1.54, 1.807) is 6.07 Å². The summed E-state index contributed by atoms with van der Waals surface area (Å²) >= 11 is 0. The number of carboxylic acid groups (broad SMARTS) is 1. The quantitative estimate of drug-likeness (QED) is 0.890. The molecule has 104 valence electrons. The van der Waals surface area contributed by atoms with Crippen LogP contribution in [0.3, 0.4) is 0 Å². The zero-order chi connectivity index (χ0) is 14.5. The molecule has 2 rings (SSSR count). The zero-order valence-electron chi connectivity index (χ0n) is 11.5. The lowest BCUT2D eigenvalue weighted by Crippen LogP contribution is -2.00. The molecule has 0 aliphatic carbocycles. The van der Waals surface area contributed by atoms with Crippen molar-refractivity contribution < 1.29 is 14.6 Å². The molecule has 0 saturated carbocycles. The van der Waals surface area contributed by atoms with Gasteiger partial charge in [-0.1, -0.05) is 32.0 Å². The van der Waals surface area contributed by atoms with E-state index in [2.05, 4.69) is 18.8 Å². The highest BCUT2D eigenvalue weighted by Crippen LogP contribution is 2.31. The van der Waals surface area contributed by atoms with Crippen LogP contribution in [0.15, 0.2) is 42.6 Å². The Kier molecular flexibility index (Phi) is 4.35. The SMILES string of the molecule is CCC(C)c1ccccc1Oc1ccnc(C(=O)O)c1. The second kappa shape index (κ2) is 6.19. The van der Waals surface area contributed by atoms with E-state index in [4.69, 9.17) is 9.84 Å². The first-order valence-electron chi connectivity index (χ1n) is 6.58. The predicted molar refractivity (Wildman–Crippen MR) is 76.4 cm³/mol. The second-order valence-corrected chi connectivity index (χ2v) is 4.63. The van der Waals surface area contributed by atoms with E-state index in [-0.39, 0.29) is 5.69 Å². The van der Waals surface area contributed by atoms with E-state index < -0.39 is 5.97 Å². The highest BCUT2D eigenvalue weighted by Gasteiger charge is 2.11. The zero-order valence-corrected chi connectivity index (χ0v) is 11.5. The van der Waals surface area contributed by atoms with Crippen molar-refractivity contribution in [1.82, 2.24) is 4.98 Å². The number of carboxylic acids is 1. The van der Waals surface area contributed by atoms with E-state index in [0.29, 0.717) is 11.7 Å². The van der Waals surface area contributed by atoms with Gasteiger partial charge in [0, 0.05) is 12.3 Å². The summed E-state index contributed by atoms with van der Waals surface area (Å²) < 4.78 is 5.82. The first-order valence-corrected chi connectivity index (χ1v) is 6.58. The van der Waals surface area contributed by atoms with Crippen LogP contribution in [0, 0.1) is 0 Å². The van der Waals surface area contributed by atoms with Crippen molar-refractivity contribution in [1.29, 1.82) is 0 Å². The number of carbonyl (C=O) groups is 1. The molecule has 1 heterocycles. The number of ether oxygens (including phenoxy) is 1. The number of rotatable bonds is 5. The molecule has 0 radical (unpaired) electrons. The third-order valence-electron chi connectivity index (χ3n) is 3.24. The van der Waals surface area contributed by atoms with Crippen molar-refractivity contribution in [2.75, 3.05) is 0 Å². The van der Waals surface area contributed by atoms with Crippen molar-refractivity contribution >= 4 is 5.97 Å². The molecule has 0 aliphatic heterocycles. The van der Waals surface area contributed by atoms with Crippen molar-refractivity contribution in [2.45, 2.75) is 26.2 Å². The topological polar surface area (TPSA) is 59.4 Å². The second-order valence-electron chi connectivity index (χ2n) is 4.63. The maximum atomic E-state index is 10.9. The molecule has 0 bridgehead atoms. The van der Waals surface area contributed by atoms with Gasteiger partial charge in [0.1, 0.15) is 11.5 Å². The van der Waals surface area contributed by atoms with Gasteiger partial charge in [-0.3, -0.25) is 0 Å². The number of aromatic carboxylic acids is 1. The molecular weight excluding hydrogens is 254 g/mol. The molecule has 0 fully saturated rings. The molecule has 2 aromatic rings. The summed E-state index contributed by atoms with van der Waals surface area (Å²) in [7, 11) is 0. The molecule has 1 atom stereocenters. The molecule has 4 heteroatoms. The Bertz CT molecular complexity index is 610. The summed E-state index contributed by atoms with van der Waals surface area (Å²) in [5, 5.41) is 8.94. The van der Waals surface area contributed by atoms with Crippen LogP contribution in [-0.4, -0.2) is 16.1 Å². The van der Waals surface area contributed by atoms with Crippen LogP contribution >= 0.6 is 0 Å². The van der Waals surface area contributed by atoms with Gasteiger partial charge in [-0.05, 0) is 30.0 Å². The molecule has 4 nitrogen and oxygen atoms in total. The molecular formula is C16H17NO3. The fourth-order valence-corrected chi connectivity index (χ4v) is 1.92. The van der Waals surface area contributed by atoms with Crippen molar-refractivity contribution in [3.05, 3.63) is 53.9 Å². The van der Waals surface area contributed by atoms with E-state index in [0.717, 1.165) is 17.7 Å². The number of hydrogen-bond donors (Lipinski definition) is 1. The molecule has 1 aromatic carbocycles. The summed E-state index contributed by atoms with van der Waals surface area (Å²) in [4.78, 5) is 14.7. The van der Waals surface area contributed by atoms with Gasteiger partial charge in [0.05, 0.1) is 0 Å². The molecule has 1 aromatic heterocycles. The normalized spacial score (nSPS) is 11.9. The van der Waals surface area contributed by atoms with Crippen LogP contribution in [0.1, 0.15) is 42.2 Å². The summed E-state index contributed by atoms with van der Waals surface area (Å²) in [6.45, 7) is 4.26. The van der Waals surface area contributed by atoms with Crippen molar-refractivity contribution in [2.24, 2.45) is 0 Å². The van der Waals surface area contributed by atoms with Crippen LogP contribution in [0.25, 0.3) is 0 Å². The molecule has 20 heavy (non-hydrogen) atoms. The summed E-state index contributed by atoms with van der Waals surface area (Å²) in [6, 6.07) is 10.9. The number of para-hydroxylation sites is 1. The minimum Gasteiger partial charge on any atom is -0.477 e. The van der Waals surface area contributed by atoms with Gasteiger partial charge in [-0.25, -0.2) is 9.78 Å². The van der Waals surface area contributed by atoms with Gasteiger partial charge in [0.15, 0.2) is 5.69 Å². The maximum absolute atomic E-state index is 10.9. The maximum Gasteiger partial charge on any atom is 0.354 e. The van der Waals surface area contributed by atoms with Crippen LogP contribution in [-0.2, 0) is 0 Å². The fourth-order valence-electron chi connectivity index (χ4n) is 1.92. The summed E-state index contributed by atoms with van der Waals surface area (Å²) in [6.07, 6.45) is 2.45. The van der Waals surface area contributed by atoms with Gasteiger partial charge >= 0.3 is 5.97 Å². The summed E-state index contributed by atoms with van der Waals surface area (Å²) in [5.74, 6) is 0.551. The Labute approximate surface area is 118 Å². The summed E-state index contributed by atoms with van der Waals surface area (Å²) in [5.41, 5.74) is 1.09. The van der Waals surface area contributed by atoms with Crippen molar-refractivity contribution in [3.8, 4) is 11.5 Å². The Balaban J connectivity index is 2.30.